The number of hydrogen-bond acceptors (Lipinski definition) is 3. The highest BCUT2D eigenvalue weighted by atomic mass is 19.1. The van der Waals surface area contributed by atoms with Gasteiger partial charge in [0.25, 0.3) is 5.91 Å². The summed E-state index contributed by atoms with van der Waals surface area (Å²) in [5.74, 6) is -0.660. The highest BCUT2D eigenvalue weighted by Crippen LogP contribution is 2.28. The van der Waals surface area contributed by atoms with Crippen molar-refractivity contribution in [2.24, 2.45) is 0 Å². The molecule has 0 unspecified atom stereocenters. The van der Waals surface area contributed by atoms with E-state index in [4.69, 9.17) is 0 Å². The van der Waals surface area contributed by atoms with Crippen molar-refractivity contribution in [2.75, 3.05) is 13.1 Å². The number of fused-ring (bicyclic) bond motifs is 1. The average molecular weight is 394 g/mol. The number of aromatic nitrogens is 2. The lowest BCUT2D eigenvalue weighted by Crippen LogP contribution is -2.52. The molecule has 1 aromatic carbocycles. The summed E-state index contributed by atoms with van der Waals surface area (Å²) in [6, 6.07) is 11.4. The van der Waals surface area contributed by atoms with Crippen LogP contribution in [0.5, 0.6) is 0 Å². The van der Waals surface area contributed by atoms with Gasteiger partial charge >= 0.3 is 0 Å². The molecular weight excluding hydrogens is 371 g/mol. The molecule has 150 valence electrons. The molecule has 1 aliphatic heterocycles. The van der Waals surface area contributed by atoms with Crippen molar-refractivity contribution in [3.8, 4) is 0 Å². The van der Waals surface area contributed by atoms with Gasteiger partial charge in [0.15, 0.2) is 5.67 Å². The zero-order valence-electron chi connectivity index (χ0n) is 16.0. The Morgan fingerprint density at radius 1 is 1.14 bits per heavy atom. The van der Waals surface area contributed by atoms with E-state index in [1.807, 2.05) is 30.5 Å². The summed E-state index contributed by atoms with van der Waals surface area (Å²) in [6.07, 6.45) is 5.38. The molecule has 0 spiro atoms. The van der Waals surface area contributed by atoms with Crippen molar-refractivity contribution in [3.63, 3.8) is 0 Å². The second-order valence-electron chi connectivity index (χ2n) is 7.42. The van der Waals surface area contributed by atoms with Gasteiger partial charge in [-0.3, -0.25) is 14.6 Å². The number of aromatic amines is 1. The molecule has 0 radical (unpaired) electrons. The fourth-order valence-corrected chi connectivity index (χ4v) is 3.73. The summed E-state index contributed by atoms with van der Waals surface area (Å²) in [5, 5.41) is 3.68. The third-order valence-corrected chi connectivity index (χ3v) is 5.53. The molecule has 0 bridgehead atoms. The third kappa shape index (κ3) is 4.13. The summed E-state index contributed by atoms with van der Waals surface area (Å²) < 4.78 is 15.1. The number of likely N-dealkylation sites (tertiary alicyclic amines) is 1. The molecule has 0 aliphatic carbocycles. The predicted octanol–water partition coefficient (Wildman–Crippen LogP) is 2.75. The van der Waals surface area contributed by atoms with Crippen LogP contribution in [0.1, 0.15) is 24.0 Å². The van der Waals surface area contributed by atoms with Crippen LogP contribution in [0.3, 0.4) is 0 Å². The van der Waals surface area contributed by atoms with Crippen molar-refractivity contribution in [2.45, 2.75) is 31.5 Å². The molecule has 1 aliphatic rings. The number of para-hydroxylation sites is 1. The van der Waals surface area contributed by atoms with Crippen molar-refractivity contribution in [1.29, 1.82) is 0 Å². The van der Waals surface area contributed by atoms with Gasteiger partial charge in [-0.15, -0.1) is 0 Å². The number of halogens is 1. The second-order valence-corrected chi connectivity index (χ2v) is 7.42. The Balaban J connectivity index is 1.32. The number of H-pyrrole nitrogens is 1. The van der Waals surface area contributed by atoms with E-state index in [0.29, 0.717) is 0 Å². The van der Waals surface area contributed by atoms with Crippen molar-refractivity contribution < 1.29 is 14.0 Å². The van der Waals surface area contributed by atoms with Crippen LogP contribution < -0.4 is 5.32 Å². The van der Waals surface area contributed by atoms with Gasteiger partial charge in [-0.1, -0.05) is 18.2 Å². The van der Waals surface area contributed by atoms with Crippen molar-refractivity contribution in [1.82, 2.24) is 20.2 Å². The zero-order chi connectivity index (χ0) is 20.3. The van der Waals surface area contributed by atoms with E-state index in [2.05, 4.69) is 15.3 Å². The number of nitrogens with one attached hydrogen (secondary N) is 2. The fraction of sp³-hybridized carbons (Fsp3) is 0.318. The molecule has 3 aromatic rings. The summed E-state index contributed by atoms with van der Waals surface area (Å²) in [6.45, 7) is 0.733. The van der Waals surface area contributed by atoms with Crippen LogP contribution in [0, 0.1) is 0 Å². The van der Waals surface area contributed by atoms with Crippen LogP contribution >= 0.6 is 0 Å². The Bertz CT molecular complexity index is 1010. The molecule has 0 atom stereocenters. The lowest BCUT2D eigenvalue weighted by molar-refractivity contribution is -0.141. The van der Waals surface area contributed by atoms with E-state index >= 15 is 4.39 Å². The minimum atomic E-state index is -1.94. The number of rotatable bonds is 5. The normalized spacial score (nSPS) is 16.0. The van der Waals surface area contributed by atoms with Gasteiger partial charge in [-0.05, 0) is 29.3 Å². The lowest BCUT2D eigenvalue weighted by Gasteiger charge is -2.35. The molecule has 29 heavy (non-hydrogen) atoms. The average Bonchev–Trinajstić information content (AvgIpc) is 3.16. The van der Waals surface area contributed by atoms with E-state index in [1.54, 1.807) is 29.4 Å². The summed E-state index contributed by atoms with van der Waals surface area (Å²) >= 11 is 0. The van der Waals surface area contributed by atoms with Crippen LogP contribution in [0.2, 0.25) is 0 Å². The molecule has 4 rings (SSSR count). The van der Waals surface area contributed by atoms with E-state index in [-0.39, 0.29) is 44.8 Å². The molecule has 0 saturated carbocycles. The minimum absolute atomic E-state index is 0.00873. The first kappa shape index (κ1) is 19.1. The number of carbonyl (C=O) groups is 2. The zero-order valence-corrected chi connectivity index (χ0v) is 16.0. The number of piperidine rings is 1. The molecule has 7 heteroatoms. The molecule has 2 aromatic heterocycles. The van der Waals surface area contributed by atoms with Gasteiger partial charge in [0.05, 0.1) is 6.42 Å². The maximum Gasteiger partial charge on any atom is 0.258 e. The number of pyridine rings is 1. The van der Waals surface area contributed by atoms with E-state index < -0.39 is 11.6 Å². The first-order valence-electron chi connectivity index (χ1n) is 9.74. The second kappa shape index (κ2) is 8.03. The van der Waals surface area contributed by atoms with Gasteiger partial charge in [-0.25, -0.2) is 4.39 Å². The van der Waals surface area contributed by atoms with E-state index in [9.17, 15) is 9.59 Å². The highest BCUT2D eigenvalue weighted by Gasteiger charge is 2.42. The standard InChI is InChI=1S/C22H23FN4O2/c23-22(21(29)26-14-16-5-9-24-10-6-16)7-11-27(12-8-22)20(28)13-17-15-25-19-4-2-1-3-18(17)19/h1-6,9-10,15,25H,7-8,11-14H2,(H,26,29). The van der Waals surface area contributed by atoms with Crippen molar-refractivity contribution >= 4 is 22.7 Å². The maximum absolute atomic E-state index is 15.1. The molecule has 6 nitrogen and oxygen atoms in total. The Morgan fingerprint density at radius 2 is 1.86 bits per heavy atom. The van der Waals surface area contributed by atoms with Gasteiger partial charge in [0.1, 0.15) is 0 Å². The fourth-order valence-electron chi connectivity index (χ4n) is 3.73. The summed E-state index contributed by atoms with van der Waals surface area (Å²) in [5.41, 5.74) is 0.841. The molecule has 3 heterocycles. The van der Waals surface area contributed by atoms with Crippen LogP contribution in [0.4, 0.5) is 4.39 Å². The minimum Gasteiger partial charge on any atom is -0.361 e. The maximum atomic E-state index is 15.1. The van der Waals surface area contributed by atoms with Gasteiger partial charge in [-0.2, -0.15) is 0 Å². The molecule has 1 fully saturated rings. The molecule has 2 N–H and O–H groups in total. The van der Waals surface area contributed by atoms with Crippen molar-refractivity contribution in [3.05, 3.63) is 66.1 Å². The topological polar surface area (TPSA) is 78.1 Å². The number of carbonyl (C=O) groups excluding carboxylic acids is 2. The number of benzene rings is 1. The Kier molecular flexibility index (Phi) is 5.29. The van der Waals surface area contributed by atoms with Crippen LogP contribution in [-0.4, -0.2) is 45.4 Å². The number of alkyl halides is 1. The third-order valence-electron chi connectivity index (χ3n) is 5.53. The van der Waals surface area contributed by atoms with Gasteiger partial charge in [0.2, 0.25) is 5.91 Å². The van der Waals surface area contributed by atoms with E-state index in [1.165, 1.54) is 0 Å². The largest absolute Gasteiger partial charge is 0.361 e. The number of nitrogens with zero attached hydrogens (tertiary/aromatic N) is 2. The Labute approximate surface area is 168 Å². The monoisotopic (exact) mass is 394 g/mol. The predicted molar refractivity (Wildman–Crippen MR) is 108 cm³/mol. The smallest absolute Gasteiger partial charge is 0.258 e. The molecular formula is C22H23FN4O2. The quantitative estimate of drug-likeness (QED) is 0.699. The van der Waals surface area contributed by atoms with Gasteiger partial charge in [0, 0.05) is 62.0 Å². The Hall–Kier alpha value is -3.22. The molecule has 1 saturated heterocycles. The lowest BCUT2D eigenvalue weighted by atomic mass is 9.92. The number of hydrogen-bond donors (Lipinski definition) is 2. The van der Waals surface area contributed by atoms with E-state index in [0.717, 1.165) is 22.0 Å². The highest BCUT2D eigenvalue weighted by molar-refractivity contribution is 5.89. The Morgan fingerprint density at radius 3 is 2.62 bits per heavy atom. The molecule has 2 amide bonds. The number of amides is 2. The van der Waals surface area contributed by atoms with Crippen LogP contribution in [-0.2, 0) is 22.6 Å². The first-order chi connectivity index (χ1) is 14.0. The summed E-state index contributed by atoms with van der Waals surface area (Å²) in [7, 11) is 0. The first-order valence-corrected chi connectivity index (χ1v) is 9.74. The van der Waals surface area contributed by atoms with Crippen LogP contribution in [0.25, 0.3) is 10.9 Å². The SMILES string of the molecule is O=C(Cc1c[nH]c2ccccc12)N1CCC(F)(C(=O)NCc2ccncc2)CC1. The van der Waals surface area contributed by atoms with Crippen LogP contribution in [0.15, 0.2) is 55.0 Å². The summed E-state index contributed by atoms with van der Waals surface area (Å²) in [4.78, 5) is 33.8. The van der Waals surface area contributed by atoms with Gasteiger partial charge < -0.3 is 15.2 Å².